The SMILES string of the molecule is NC(=O)c1c(C2CC(O)C(O)CC2O)cc(O)c(O)c1O. The highest BCUT2D eigenvalue weighted by molar-refractivity contribution is 5.98. The molecule has 0 bridgehead atoms. The number of hydrogen-bond acceptors (Lipinski definition) is 7. The zero-order chi connectivity index (χ0) is 15.9. The minimum atomic E-state index is -1.13. The van der Waals surface area contributed by atoms with Gasteiger partial charge in [0.05, 0.1) is 23.9 Å². The van der Waals surface area contributed by atoms with Crippen LogP contribution < -0.4 is 5.73 Å². The molecule has 4 atom stereocenters. The summed E-state index contributed by atoms with van der Waals surface area (Å²) >= 11 is 0. The number of carbonyl (C=O) groups excluding carboxylic acids is 1. The predicted octanol–water partition coefficient (Wildman–Crippen LogP) is -1.14. The van der Waals surface area contributed by atoms with Gasteiger partial charge in [-0.15, -0.1) is 0 Å². The summed E-state index contributed by atoms with van der Waals surface area (Å²) in [6.45, 7) is 0. The van der Waals surface area contributed by atoms with Crippen molar-refractivity contribution in [1.82, 2.24) is 0 Å². The molecule has 1 aromatic rings. The van der Waals surface area contributed by atoms with Crippen LogP contribution in [0.2, 0.25) is 0 Å². The maximum absolute atomic E-state index is 11.5. The van der Waals surface area contributed by atoms with E-state index in [0.29, 0.717) is 0 Å². The van der Waals surface area contributed by atoms with Crippen molar-refractivity contribution in [2.45, 2.75) is 37.1 Å². The summed E-state index contributed by atoms with van der Waals surface area (Å²) in [5.41, 5.74) is 4.74. The molecule has 4 unspecified atom stereocenters. The third kappa shape index (κ3) is 2.60. The Morgan fingerprint density at radius 1 is 1.00 bits per heavy atom. The fraction of sp³-hybridized carbons (Fsp3) is 0.462. The summed E-state index contributed by atoms with van der Waals surface area (Å²) in [6.07, 6.45) is -3.56. The fourth-order valence-electron chi connectivity index (χ4n) is 2.69. The molecule has 1 aliphatic carbocycles. The molecule has 0 saturated heterocycles. The second kappa shape index (κ2) is 5.40. The number of primary amides is 1. The summed E-state index contributed by atoms with van der Waals surface area (Å²) < 4.78 is 0. The highest BCUT2D eigenvalue weighted by atomic mass is 16.3. The van der Waals surface area contributed by atoms with Gasteiger partial charge in [-0.1, -0.05) is 0 Å². The number of aliphatic hydroxyl groups excluding tert-OH is 3. The molecule has 2 rings (SSSR count). The Labute approximate surface area is 119 Å². The highest BCUT2D eigenvalue weighted by Crippen LogP contribution is 2.45. The van der Waals surface area contributed by atoms with Crippen molar-refractivity contribution in [3.8, 4) is 17.2 Å². The van der Waals surface area contributed by atoms with Crippen LogP contribution in [0.3, 0.4) is 0 Å². The van der Waals surface area contributed by atoms with Crippen LogP contribution in [-0.2, 0) is 0 Å². The smallest absolute Gasteiger partial charge is 0.252 e. The molecule has 8 N–H and O–H groups in total. The molecule has 8 heteroatoms. The number of phenols is 3. The fourth-order valence-corrected chi connectivity index (χ4v) is 2.69. The lowest BCUT2D eigenvalue weighted by atomic mass is 9.77. The molecule has 1 aliphatic rings. The van der Waals surface area contributed by atoms with E-state index in [9.17, 15) is 35.4 Å². The van der Waals surface area contributed by atoms with Gasteiger partial charge in [-0.05, 0) is 18.1 Å². The van der Waals surface area contributed by atoms with Crippen LogP contribution in [0.1, 0.15) is 34.7 Å². The number of rotatable bonds is 2. The second-order valence-electron chi connectivity index (χ2n) is 5.20. The first-order chi connectivity index (χ1) is 9.73. The number of aromatic hydroxyl groups is 3. The van der Waals surface area contributed by atoms with Gasteiger partial charge in [0.15, 0.2) is 11.5 Å². The molecule has 116 valence electrons. The van der Waals surface area contributed by atoms with Crippen LogP contribution in [0, 0.1) is 0 Å². The van der Waals surface area contributed by atoms with Crippen LogP contribution >= 0.6 is 0 Å². The Hall–Kier alpha value is -2.03. The molecule has 0 heterocycles. The lowest BCUT2D eigenvalue weighted by molar-refractivity contribution is -0.0601. The van der Waals surface area contributed by atoms with Gasteiger partial charge >= 0.3 is 0 Å². The monoisotopic (exact) mass is 299 g/mol. The molecule has 0 spiro atoms. The molecule has 8 nitrogen and oxygen atoms in total. The minimum Gasteiger partial charge on any atom is -0.504 e. The third-order valence-corrected chi connectivity index (χ3v) is 3.82. The quantitative estimate of drug-likeness (QED) is 0.339. The van der Waals surface area contributed by atoms with E-state index < -0.39 is 52.9 Å². The maximum Gasteiger partial charge on any atom is 0.252 e. The summed E-state index contributed by atoms with van der Waals surface area (Å²) in [5, 5.41) is 58.0. The van der Waals surface area contributed by atoms with Gasteiger partial charge < -0.3 is 36.4 Å². The van der Waals surface area contributed by atoms with Crippen molar-refractivity contribution in [2.75, 3.05) is 0 Å². The predicted molar refractivity (Wildman–Crippen MR) is 69.9 cm³/mol. The number of carbonyl (C=O) groups is 1. The van der Waals surface area contributed by atoms with Crippen molar-refractivity contribution in [2.24, 2.45) is 5.73 Å². The lowest BCUT2D eigenvalue weighted by Crippen LogP contribution is -2.41. The zero-order valence-corrected chi connectivity index (χ0v) is 11.0. The molecule has 1 aromatic carbocycles. The second-order valence-corrected chi connectivity index (χ2v) is 5.20. The normalized spacial score (nSPS) is 29.3. The van der Waals surface area contributed by atoms with Crippen LogP contribution in [0.25, 0.3) is 0 Å². The number of phenolic OH excluding ortho intramolecular Hbond substituents is 2. The van der Waals surface area contributed by atoms with Crippen molar-refractivity contribution < 1.29 is 35.4 Å². The van der Waals surface area contributed by atoms with E-state index in [-0.39, 0.29) is 18.4 Å². The Morgan fingerprint density at radius 2 is 1.57 bits per heavy atom. The summed E-state index contributed by atoms with van der Waals surface area (Å²) in [4.78, 5) is 11.5. The molecular weight excluding hydrogens is 282 g/mol. The van der Waals surface area contributed by atoms with E-state index in [0.717, 1.165) is 6.07 Å². The highest BCUT2D eigenvalue weighted by Gasteiger charge is 2.38. The summed E-state index contributed by atoms with van der Waals surface area (Å²) in [5.74, 6) is -4.34. The van der Waals surface area contributed by atoms with Gasteiger partial charge in [-0.3, -0.25) is 4.79 Å². The summed E-state index contributed by atoms with van der Waals surface area (Å²) in [6, 6.07) is 1.01. The Morgan fingerprint density at radius 3 is 2.14 bits per heavy atom. The van der Waals surface area contributed by atoms with E-state index in [4.69, 9.17) is 5.73 Å². The molecule has 1 amide bonds. The zero-order valence-electron chi connectivity index (χ0n) is 11.0. The molecule has 1 fully saturated rings. The Bertz CT molecular complexity index is 574. The van der Waals surface area contributed by atoms with E-state index >= 15 is 0 Å². The molecule has 0 aromatic heterocycles. The van der Waals surface area contributed by atoms with Crippen LogP contribution in [0.4, 0.5) is 0 Å². The maximum atomic E-state index is 11.5. The topological polar surface area (TPSA) is 164 Å². The minimum absolute atomic E-state index is 0.00810. The van der Waals surface area contributed by atoms with Gasteiger partial charge in [-0.2, -0.15) is 0 Å². The van der Waals surface area contributed by atoms with Gasteiger partial charge in [0, 0.05) is 12.3 Å². The number of aliphatic hydroxyl groups is 3. The van der Waals surface area contributed by atoms with Gasteiger partial charge in [-0.25, -0.2) is 0 Å². The van der Waals surface area contributed by atoms with Crippen molar-refractivity contribution in [3.63, 3.8) is 0 Å². The van der Waals surface area contributed by atoms with E-state index in [1.54, 1.807) is 0 Å². The molecule has 21 heavy (non-hydrogen) atoms. The van der Waals surface area contributed by atoms with E-state index in [2.05, 4.69) is 0 Å². The third-order valence-electron chi connectivity index (χ3n) is 3.82. The molecule has 0 radical (unpaired) electrons. The number of amides is 1. The van der Waals surface area contributed by atoms with Gasteiger partial charge in [0.25, 0.3) is 5.91 Å². The van der Waals surface area contributed by atoms with Gasteiger partial charge in [0.1, 0.15) is 0 Å². The largest absolute Gasteiger partial charge is 0.504 e. The van der Waals surface area contributed by atoms with Crippen LogP contribution in [0.15, 0.2) is 6.07 Å². The van der Waals surface area contributed by atoms with Crippen molar-refractivity contribution in [1.29, 1.82) is 0 Å². The van der Waals surface area contributed by atoms with Crippen molar-refractivity contribution >= 4 is 5.91 Å². The Balaban J connectivity index is 2.55. The van der Waals surface area contributed by atoms with E-state index in [1.165, 1.54) is 0 Å². The van der Waals surface area contributed by atoms with Crippen molar-refractivity contribution in [3.05, 3.63) is 17.2 Å². The number of nitrogens with two attached hydrogens (primary N) is 1. The molecule has 1 saturated carbocycles. The van der Waals surface area contributed by atoms with Crippen LogP contribution in [-0.4, -0.2) is 54.9 Å². The number of hydrogen-bond donors (Lipinski definition) is 7. The van der Waals surface area contributed by atoms with E-state index in [1.807, 2.05) is 0 Å². The lowest BCUT2D eigenvalue weighted by Gasteiger charge is -2.35. The first-order valence-corrected chi connectivity index (χ1v) is 6.35. The first-order valence-electron chi connectivity index (χ1n) is 6.35. The molecular formula is C13H17NO7. The summed E-state index contributed by atoms with van der Waals surface area (Å²) in [7, 11) is 0. The average Bonchev–Trinajstić information content (AvgIpc) is 2.39. The molecule has 0 aliphatic heterocycles. The number of benzene rings is 1. The van der Waals surface area contributed by atoms with Gasteiger partial charge in [0.2, 0.25) is 5.75 Å². The average molecular weight is 299 g/mol. The van der Waals surface area contributed by atoms with Crippen LogP contribution in [0.5, 0.6) is 17.2 Å². The standard InChI is InChI=1S/C13H17NO7/c14-13(21)10-5(2-9(18)11(19)12(10)20)4-1-7(16)8(17)3-6(4)15/h2,4,6-8,15-20H,1,3H2,(H2,14,21). The Kier molecular flexibility index (Phi) is 3.95. The first kappa shape index (κ1) is 15.4.